The van der Waals surface area contributed by atoms with E-state index in [1.54, 1.807) is 11.1 Å². The van der Waals surface area contributed by atoms with E-state index in [2.05, 4.69) is 80.4 Å². The molecule has 24 heavy (non-hydrogen) atoms. The van der Waals surface area contributed by atoms with Crippen LogP contribution in [-0.4, -0.2) is 0 Å². The SMILES string of the molecule is BrC1=C[CH]2[Zr+2][CH]3C=C(Br)c4c(cccc43)Sc3cccc2c31.[Cl-].[Cl-]. The molecule has 2 aliphatic carbocycles. The molecule has 1 aliphatic heterocycles. The van der Waals surface area contributed by atoms with Crippen LogP contribution in [-0.2, 0) is 23.2 Å². The summed E-state index contributed by atoms with van der Waals surface area (Å²) in [5.41, 5.74) is 5.97. The molecule has 2 unspecified atom stereocenters. The van der Waals surface area contributed by atoms with Crippen molar-refractivity contribution in [1.29, 1.82) is 0 Å². The Kier molecular flexibility index (Phi) is 5.97. The Labute approximate surface area is 186 Å². The zero-order valence-corrected chi connectivity index (χ0v) is 20.2. The van der Waals surface area contributed by atoms with Gasteiger partial charge in [-0.3, -0.25) is 0 Å². The smallest absolute Gasteiger partial charge is 1.00 e. The Balaban J connectivity index is 0.000000845. The Morgan fingerprint density at radius 1 is 0.750 bits per heavy atom. The van der Waals surface area contributed by atoms with Crippen molar-refractivity contribution < 1.29 is 48.0 Å². The summed E-state index contributed by atoms with van der Waals surface area (Å²) in [6.45, 7) is 0. The topological polar surface area (TPSA) is 0 Å². The summed E-state index contributed by atoms with van der Waals surface area (Å²) < 4.78 is 3.94. The molecule has 120 valence electrons. The fourth-order valence-corrected chi connectivity index (χ4v) is 11.9. The molecule has 0 radical (unpaired) electrons. The van der Waals surface area contributed by atoms with Crippen LogP contribution < -0.4 is 24.8 Å². The van der Waals surface area contributed by atoms with Crippen molar-refractivity contribution >= 4 is 52.6 Å². The monoisotopic (exact) mass is 576 g/mol. The van der Waals surface area contributed by atoms with E-state index in [1.165, 1.54) is 29.9 Å². The van der Waals surface area contributed by atoms with E-state index in [0.29, 0.717) is 7.25 Å². The molecule has 2 aromatic rings. The third-order valence-corrected chi connectivity index (χ3v) is 11.0. The second kappa shape index (κ2) is 7.37. The first-order chi connectivity index (χ1) is 10.7. The van der Waals surface area contributed by atoms with E-state index in [-0.39, 0.29) is 24.8 Å². The van der Waals surface area contributed by atoms with Gasteiger partial charge >= 0.3 is 164 Å². The van der Waals surface area contributed by atoms with E-state index in [9.17, 15) is 0 Å². The van der Waals surface area contributed by atoms with Gasteiger partial charge in [-0.25, -0.2) is 0 Å². The molecule has 0 spiro atoms. The standard InChI is InChI=1S/C18H10Br2S.2ClH.Zr/c19-13-9-7-11-3-1-5-15(17(11)13)21-16-6-2-4-12-8-10-14(20)18(12)16;;;/h1-10H;2*1H;/q;;;+2/p-2. The first-order valence-corrected chi connectivity index (χ1v) is 12.4. The predicted octanol–water partition coefficient (Wildman–Crippen LogP) is 0.523. The summed E-state index contributed by atoms with van der Waals surface area (Å²) >= 11 is 8.90. The Morgan fingerprint density at radius 3 is 1.67 bits per heavy atom. The Morgan fingerprint density at radius 2 is 1.21 bits per heavy atom. The van der Waals surface area contributed by atoms with Crippen LogP contribution in [0.15, 0.2) is 58.3 Å². The van der Waals surface area contributed by atoms with Gasteiger partial charge in [-0.2, -0.15) is 0 Å². The van der Waals surface area contributed by atoms with Crippen LogP contribution in [0, 0.1) is 0 Å². The summed E-state index contributed by atoms with van der Waals surface area (Å²) in [6, 6.07) is 13.6. The first kappa shape index (κ1) is 19.5. The number of hydrogen-bond acceptors (Lipinski definition) is 1. The van der Waals surface area contributed by atoms with Crippen molar-refractivity contribution in [3.05, 3.63) is 70.8 Å². The Hall–Kier alpha value is 0.693. The van der Waals surface area contributed by atoms with Crippen LogP contribution in [0.4, 0.5) is 0 Å². The van der Waals surface area contributed by atoms with Crippen molar-refractivity contribution in [1.82, 2.24) is 0 Å². The molecule has 0 fully saturated rings. The average Bonchev–Trinajstić information content (AvgIpc) is 2.99. The zero-order valence-electron chi connectivity index (χ0n) is 12.2. The minimum Gasteiger partial charge on any atom is -1.00 e. The fourth-order valence-electron chi connectivity index (χ4n) is 3.52. The van der Waals surface area contributed by atoms with Gasteiger partial charge in [0.2, 0.25) is 0 Å². The van der Waals surface area contributed by atoms with Crippen LogP contribution in [0.1, 0.15) is 29.5 Å². The van der Waals surface area contributed by atoms with Crippen LogP contribution in [0.5, 0.6) is 0 Å². The summed E-state index contributed by atoms with van der Waals surface area (Å²) in [5.74, 6) is 0. The van der Waals surface area contributed by atoms with Crippen LogP contribution in [0.3, 0.4) is 0 Å². The van der Waals surface area contributed by atoms with Crippen LogP contribution >= 0.6 is 43.6 Å². The van der Waals surface area contributed by atoms with Crippen molar-refractivity contribution in [2.75, 3.05) is 0 Å². The van der Waals surface area contributed by atoms with Crippen molar-refractivity contribution in [3.63, 3.8) is 0 Å². The van der Waals surface area contributed by atoms with Gasteiger partial charge in [-0.05, 0) is 0 Å². The van der Waals surface area contributed by atoms with E-state index in [4.69, 9.17) is 0 Å². The summed E-state index contributed by atoms with van der Waals surface area (Å²) in [5, 5.41) is 0. The minimum absolute atomic E-state index is 0. The fraction of sp³-hybridized carbons (Fsp3) is 0.111. The van der Waals surface area contributed by atoms with Gasteiger partial charge in [0.25, 0.3) is 0 Å². The number of hydrogen-bond donors (Lipinski definition) is 0. The van der Waals surface area contributed by atoms with E-state index in [0.717, 1.165) is 0 Å². The van der Waals surface area contributed by atoms with Crippen LogP contribution in [0.2, 0.25) is 0 Å². The van der Waals surface area contributed by atoms with Gasteiger partial charge in [0.15, 0.2) is 0 Å². The third-order valence-electron chi connectivity index (χ3n) is 4.47. The zero-order chi connectivity index (χ0) is 14.8. The largest absolute Gasteiger partial charge is 1.00 e. The minimum atomic E-state index is -0.656. The molecule has 3 aliphatic rings. The number of allylic oxidation sites excluding steroid dienone is 2. The van der Waals surface area contributed by atoms with Crippen molar-refractivity contribution in [2.24, 2.45) is 0 Å². The second-order valence-electron chi connectivity index (χ2n) is 5.69. The molecule has 8 bridgehead atoms. The normalized spacial score (nSPS) is 21.4. The molecule has 2 atom stereocenters. The van der Waals surface area contributed by atoms with Gasteiger partial charge in [-0.15, -0.1) is 0 Å². The molecular weight excluding hydrogens is 570 g/mol. The average molecular weight is 580 g/mol. The van der Waals surface area contributed by atoms with Gasteiger partial charge in [0, 0.05) is 0 Å². The van der Waals surface area contributed by atoms with Gasteiger partial charge < -0.3 is 24.8 Å². The molecule has 1 heterocycles. The maximum absolute atomic E-state index is 3.83. The van der Waals surface area contributed by atoms with E-state index < -0.39 is 23.2 Å². The number of rotatable bonds is 0. The van der Waals surface area contributed by atoms with Gasteiger partial charge in [-0.1, -0.05) is 0 Å². The summed E-state index contributed by atoms with van der Waals surface area (Å²) in [7, 11) is 0. The maximum Gasteiger partial charge on any atom is -1.00 e. The van der Waals surface area contributed by atoms with E-state index >= 15 is 0 Å². The summed E-state index contributed by atoms with van der Waals surface area (Å²) in [4.78, 5) is 2.75. The summed E-state index contributed by atoms with van der Waals surface area (Å²) in [6.07, 6.45) is 4.93. The molecule has 2 aromatic carbocycles. The van der Waals surface area contributed by atoms with Crippen molar-refractivity contribution in [2.45, 2.75) is 17.0 Å². The number of halogens is 4. The maximum atomic E-state index is 3.83. The van der Waals surface area contributed by atoms with Gasteiger partial charge in [0.1, 0.15) is 0 Å². The molecule has 0 aromatic heterocycles. The quantitative estimate of drug-likeness (QED) is 0.439. The molecule has 6 heteroatoms. The Bertz CT molecular complexity index is 823. The molecule has 0 amide bonds. The molecule has 0 nitrogen and oxygen atoms in total. The third kappa shape index (κ3) is 2.90. The molecular formula is C18H10Br2Cl2SZr. The molecule has 0 saturated heterocycles. The van der Waals surface area contributed by atoms with Crippen molar-refractivity contribution in [3.8, 4) is 0 Å². The van der Waals surface area contributed by atoms with E-state index in [1.807, 2.05) is 11.8 Å². The molecule has 0 N–H and O–H groups in total. The predicted molar refractivity (Wildman–Crippen MR) is 96.3 cm³/mol. The number of benzene rings is 2. The first-order valence-electron chi connectivity index (χ1n) is 7.17. The second-order valence-corrected chi connectivity index (χ2v) is 12.4. The molecule has 5 rings (SSSR count). The van der Waals surface area contributed by atoms with Gasteiger partial charge in [0.05, 0.1) is 0 Å². The van der Waals surface area contributed by atoms with Crippen LogP contribution in [0.25, 0.3) is 8.96 Å². The molecule has 0 saturated carbocycles.